The lowest BCUT2D eigenvalue weighted by atomic mass is 9.85. The van der Waals surface area contributed by atoms with Crippen molar-refractivity contribution in [1.29, 1.82) is 0 Å². The molecule has 0 bridgehead atoms. The number of hydrogen-bond acceptors (Lipinski definition) is 4. The molecule has 1 heterocycles. The van der Waals surface area contributed by atoms with Crippen LogP contribution in [-0.4, -0.2) is 14.0 Å². The molecule has 2 aromatic rings. The van der Waals surface area contributed by atoms with Crippen LogP contribution in [0.15, 0.2) is 22.6 Å². The summed E-state index contributed by atoms with van der Waals surface area (Å²) < 4.78 is 11.6. The van der Waals surface area contributed by atoms with E-state index in [2.05, 4.69) is 38.8 Å². The average molecular weight is 277 g/mol. The summed E-state index contributed by atoms with van der Waals surface area (Å²) in [5, 5.41) is 0. The fourth-order valence-corrected chi connectivity index (χ4v) is 3.06. The maximum Gasteiger partial charge on any atom is 0.292 e. The summed E-state index contributed by atoms with van der Waals surface area (Å²) in [6.45, 7) is 10.8. The maximum absolute atomic E-state index is 6.17. The molecular weight excluding hydrogens is 256 g/mol. The minimum Gasteiger partial charge on any atom is -0.424 e. The monoisotopic (exact) mass is 277 g/mol. The Kier molecular flexibility index (Phi) is 3.69. The van der Waals surface area contributed by atoms with Gasteiger partial charge in [0.2, 0.25) is 9.04 Å². The summed E-state index contributed by atoms with van der Waals surface area (Å²) in [6, 6.07) is 6.17. The smallest absolute Gasteiger partial charge is 0.292 e. The first-order valence-electron chi connectivity index (χ1n) is 6.40. The number of fused-ring (bicyclic) bond motifs is 1. The molecule has 1 aromatic carbocycles. The van der Waals surface area contributed by atoms with E-state index >= 15 is 0 Å². The van der Waals surface area contributed by atoms with Crippen molar-refractivity contribution in [3.05, 3.63) is 23.8 Å². The van der Waals surface area contributed by atoms with Crippen molar-refractivity contribution in [3.63, 3.8) is 0 Å². The van der Waals surface area contributed by atoms with Crippen LogP contribution >= 0.6 is 0 Å². The zero-order chi connectivity index (χ0) is 14.2. The maximum atomic E-state index is 6.17. The van der Waals surface area contributed by atoms with Gasteiger partial charge in [-0.3, -0.25) is 0 Å². The molecule has 0 aliphatic carbocycles. The van der Waals surface area contributed by atoms with E-state index < -0.39 is 9.04 Å². The molecule has 5 heteroatoms. The van der Waals surface area contributed by atoms with Gasteiger partial charge in [0.25, 0.3) is 6.01 Å². The predicted octanol–water partition coefficient (Wildman–Crippen LogP) is 3.76. The van der Waals surface area contributed by atoms with E-state index in [9.17, 15) is 0 Å². The second kappa shape index (κ2) is 4.98. The van der Waals surface area contributed by atoms with Crippen molar-refractivity contribution in [3.8, 4) is 0 Å². The van der Waals surface area contributed by atoms with Crippen LogP contribution in [0, 0.1) is 5.41 Å². The second-order valence-corrected chi connectivity index (χ2v) is 8.10. The van der Waals surface area contributed by atoms with Crippen LogP contribution in [0.2, 0.25) is 13.1 Å². The summed E-state index contributed by atoms with van der Waals surface area (Å²) in [4.78, 5) is 4.11. The molecule has 0 saturated heterocycles. The molecular formula is C14H21N2O2Si. The van der Waals surface area contributed by atoms with Gasteiger partial charge in [0.15, 0.2) is 5.58 Å². The Bertz CT molecular complexity index is 572. The number of nitrogens with zero attached hydrogens (tertiary/aromatic N) is 1. The standard InChI is InChI=1S/C14H21N2O2Si/c1-14(2,3)12(18-19(4)5)9-6-7-10-11(8-9)17-13(15)16-10/h6-8,12H,1-5H3,(H2,15,16). The third-order valence-electron chi connectivity index (χ3n) is 2.87. The Morgan fingerprint density at radius 3 is 2.58 bits per heavy atom. The minimum absolute atomic E-state index is 0.0289. The molecule has 2 rings (SSSR count). The van der Waals surface area contributed by atoms with Gasteiger partial charge in [-0.25, -0.2) is 0 Å². The number of aromatic nitrogens is 1. The third-order valence-corrected chi connectivity index (χ3v) is 3.58. The highest BCUT2D eigenvalue weighted by Gasteiger charge is 2.28. The zero-order valence-electron chi connectivity index (χ0n) is 12.2. The largest absolute Gasteiger partial charge is 0.424 e. The molecule has 1 atom stereocenters. The van der Waals surface area contributed by atoms with E-state index in [1.807, 2.05) is 18.2 Å². The lowest BCUT2D eigenvalue weighted by Gasteiger charge is -2.32. The number of nitrogen functional groups attached to an aromatic ring is 1. The Hall–Kier alpha value is -1.33. The average Bonchev–Trinajstić information content (AvgIpc) is 2.63. The fraction of sp³-hybridized carbons (Fsp3) is 0.500. The van der Waals surface area contributed by atoms with Crippen LogP contribution in [0.3, 0.4) is 0 Å². The van der Waals surface area contributed by atoms with E-state index in [4.69, 9.17) is 14.6 Å². The molecule has 1 radical (unpaired) electrons. The summed E-state index contributed by atoms with van der Waals surface area (Å²) >= 11 is 0. The normalized spacial score (nSPS) is 14.2. The van der Waals surface area contributed by atoms with Crippen LogP contribution in [0.25, 0.3) is 11.1 Å². The summed E-state index contributed by atoms with van der Waals surface area (Å²) in [7, 11) is -0.781. The van der Waals surface area contributed by atoms with E-state index in [0.29, 0.717) is 5.58 Å². The number of hydrogen-bond donors (Lipinski definition) is 1. The van der Waals surface area contributed by atoms with Gasteiger partial charge in [0.05, 0.1) is 6.10 Å². The van der Waals surface area contributed by atoms with Crippen LogP contribution in [0.1, 0.15) is 32.4 Å². The first-order chi connectivity index (χ1) is 8.77. The van der Waals surface area contributed by atoms with Crippen LogP contribution < -0.4 is 5.73 Å². The Labute approximate surface area is 115 Å². The van der Waals surface area contributed by atoms with Gasteiger partial charge in [-0.15, -0.1) is 0 Å². The number of anilines is 1. The molecule has 1 aromatic heterocycles. The molecule has 0 spiro atoms. The predicted molar refractivity (Wildman–Crippen MR) is 79.2 cm³/mol. The van der Waals surface area contributed by atoms with Crippen molar-refractivity contribution < 1.29 is 8.84 Å². The van der Waals surface area contributed by atoms with E-state index in [1.54, 1.807) is 0 Å². The van der Waals surface area contributed by atoms with Crippen molar-refractivity contribution in [2.75, 3.05) is 5.73 Å². The first-order valence-corrected chi connectivity index (χ1v) is 8.81. The van der Waals surface area contributed by atoms with Gasteiger partial charge in [-0.2, -0.15) is 4.98 Å². The fourth-order valence-electron chi connectivity index (χ4n) is 2.10. The molecule has 0 aliphatic rings. The molecule has 0 amide bonds. The van der Waals surface area contributed by atoms with E-state index in [-0.39, 0.29) is 17.5 Å². The lowest BCUT2D eigenvalue weighted by molar-refractivity contribution is 0.0866. The molecule has 0 fully saturated rings. The Morgan fingerprint density at radius 1 is 1.32 bits per heavy atom. The highest BCUT2D eigenvalue weighted by molar-refractivity contribution is 6.48. The highest BCUT2D eigenvalue weighted by Crippen LogP contribution is 2.37. The number of benzene rings is 1. The van der Waals surface area contributed by atoms with Crippen LogP contribution in [0.5, 0.6) is 0 Å². The summed E-state index contributed by atoms with van der Waals surface area (Å²) in [6.07, 6.45) is 0.0483. The second-order valence-electron chi connectivity index (χ2n) is 6.05. The third kappa shape index (κ3) is 3.16. The van der Waals surface area contributed by atoms with E-state index in [1.165, 1.54) is 0 Å². The molecule has 19 heavy (non-hydrogen) atoms. The van der Waals surface area contributed by atoms with Crippen molar-refractivity contribution in [1.82, 2.24) is 4.98 Å². The quantitative estimate of drug-likeness (QED) is 0.868. The molecule has 1 unspecified atom stereocenters. The van der Waals surface area contributed by atoms with Gasteiger partial charge in [-0.1, -0.05) is 26.8 Å². The Balaban J connectivity index is 2.43. The molecule has 103 valence electrons. The Morgan fingerprint density at radius 2 is 2.00 bits per heavy atom. The molecule has 4 nitrogen and oxygen atoms in total. The van der Waals surface area contributed by atoms with Gasteiger partial charge < -0.3 is 14.6 Å². The molecule has 2 N–H and O–H groups in total. The summed E-state index contributed by atoms with van der Waals surface area (Å²) in [5.41, 5.74) is 8.22. The number of nitrogens with two attached hydrogens (primary N) is 1. The van der Waals surface area contributed by atoms with Crippen molar-refractivity contribution in [2.45, 2.75) is 40.0 Å². The van der Waals surface area contributed by atoms with Gasteiger partial charge in [0.1, 0.15) is 5.52 Å². The SMILES string of the molecule is C[Si](C)OC(c1ccc2nc(N)oc2c1)C(C)(C)C. The highest BCUT2D eigenvalue weighted by atomic mass is 28.3. The van der Waals surface area contributed by atoms with Gasteiger partial charge in [0, 0.05) is 0 Å². The van der Waals surface area contributed by atoms with Gasteiger partial charge >= 0.3 is 0 Å². The van der Waals surface area contributed by atoms with Gasteiger partial charge in [-0.05, 0) is 36.2 Å². The minimum atomic E-state index is -0.781. The first kappa shape index (κ1) is 14.1. The van der Waals surface area contributed by atoms with Crippen LogP contribution in [0.4, 0.5) is 6.01 Å². The number of oxazole rings is 1. The summed E-state index contributed by atoms with van der Waals surface area (Å²) in [5.74, 6) is 0. The zero-order valence-corrected chi connectivity index (χ0v) is 13.2. The van der Waals surface area contributed by atoms with Crippen molar-refractivity contribution in [2.24, 2.45) is 5.41 Å². The van der Waals surface area contributed by atoms with E-state index in [0.717, 1.165) is 11.1 Å². The molecule has 0 aliphatic heterocycles. The topological polar surface area (TPSA) is 61.3 Å². The van der Waals surface area contributed by atoms with Crippen LogP contribution in [-0.2, 0) is 4.43 Å². The molecule has 0 saturated carbocycles. The van der Waals surface area contributed by atoms with Crippen molar-refractivity contribution >= 4 is 26.2 Å². The lowest BCUT2D eigenvalue weighted by Crippen LogP contribution is -2.25. The number of rotatable bonds is 3.